The summed E-state index contributed by atoms with van der Waals surface area (Å²) in [7, 11) is -2.88. The van der Waals surface area contributed by atoms with Crippen molar-refractivity contribution in [2.75, 3.05) is 44.7 Å². The second-order valence-electron chi connectivity index (χ2n) is 7.50. The van der Waals surface area contributed by atoms with E-state index in [2.05, 4.69) is 46.9 Å². The predicted octanol–water partition coefficient (Wildman–Crippen LogP) is 1.99. The molecular weight excluding hydrogens is 380 g/mol. The highest BCUT2D eigenvalue weighted by atomic mass is 32.2. The van der Waals surface area contributed by atoms with Crippen LogP contribution in [0.2, 0.25) is 0 Å². The van der Waals surface area contributed by atoms with Gasteiger partial charge in [-0.2, -0.15) is 0 Å². The molecule has 1 fully saturated rings. The van der Waals surface area contributed by atoms with Gasteiger partial charge in [0.2, 0.25) is 0 Å². The van der Waals surface area contributed by atoms with Gasteiger partial charge in [0.1, 0.15) is 9.84 Å². The molecule has 1 atom stereocenters. The molecule has 0 radical (unpaired) electrons. The zero-order valence-corrected chi connectivity index (χ0v) is 18.4. The molecule has 0 bridgehead atoms. The summed E-state index contributed by atoms with van der Waals surface area (Å²) >= 11 is 1.81. The molecule has 0 aromatic carbocycles. The second-order valence-corrected chi connectivity index (χ2v) is 10.8. The van der Waals surface area contributed by atoms with Gasteiger partial charge in [-0.15, -0.1) is 11.3 Å². The van der Waals surface area contributed by atoms with Crippen molar-refractivity contribution in [3.05, 3.63) is 22.4 Å². The Labute approximate surface area is 168 Å². The molecule has 1 aliphatic rings. The van der Waals surface area contributed by atoms with Crippen LogP contribution in [0.3, 0.4) is 0 Å². The summed E-state index contributed by atoms with van der Waals surface area (Å²) in [6.07, 6.45) is 4.40. The zero-order valence-electron chi connectivity index (χ0n) is 16.8. The molecule has 1 aromatic heterocycles. The van der Waals surface area contributed by atoms with Crippen molar-refractivity contribution >= 4 is 27.1 Å². The SMILES string of the molecule is CCNC(=NCC(C)Cc1cccs1)NC1CCN(CCS(C)(=O)=O)CC1. The van der Waals surface area contributed by atoms with E-state index in [0.29, 0.717) is 18.5 Å². The lowest BCUT2D eigenvalue weighted by Crippen LogP contribution is -2.49. The van der Waals surface area contributed by atoms with Crippen molar-refractivity contribution in [3.8, 4) is 0 Å². The van der Waals surface area contributed by atoms with Crippen molar-refractivity contribution in [2.45, 2.75) is 39.2 Å². The maximum Gasteiger partial charge on any atom is 0.191 e. The third kappa shape index (κ3) is 9.08. The first kappa shape index (κ1) is 22.2. The Morgan fingerprint density at radius 1 is 1.41 bits per heavy atom. The maximum absolute atomic E-state index is 11.3. The third-order valence-electron chi connectivity index (χ3n) is 4.74. The van der Waals surface area contributed by atoms with Crippen molar-refractivity contribution in [3.63, 3.8) is 0 Å². The molecular formula is C19H34N4O2S2. The van der Waals surface area contributed by atoms with E-state index in [1.807, 2.05) is 11.3 Å². The van der Waals surface area contributed by atoms with Crippen LogP contribution in [0.1, 0.15) is 31.6 Å². The van der Waals surface area contributed by atoms with Gasteiger partial charge in [0.25, 0.3) is 0 Å². The van der Waals surface area contributed by atoms with Crippen molar-refractivity contribution < 1.29 is 8.42 Å². The van der Waals surface area contributed by atoms with E-state index in [-0.39, 0.29) is 5.75 Å². The number of thiophene rings is 1. The van der Waals surface area contributed by atoms with E-state index in [9.17, 15) is 8.42 Å². The van der Waals surface area contributed by atoms with Crippen LogP contribution in [0, 0.1) is 5.92 Å². The minimum Gasteiger partial charge on any atom is -0.357 e. The van der Waals surface area contributed by atoms with Gasteiger partial charge in [0, 0.05) is 49.9 Å². The molecule has 1 unspecified atom stereocenters. The Morgan fingerprint density at radius 3 is 2.74 bits per heavy atom. The summed E-state index contributed by atoms with van der Waals surface area (Å²) in [5, 5.41) is 9.03. The van der Waals surface area contributed by atoms with E-state index in [1.54, 1.807) is 0 Å². The Bertz CT molecular complexity index is 666. The number of nitrogens with zero attached hydrogens (tertiary/aromatic N) is 2. The Morgan fingerprint density at radius 2 is 2.15 bits per heavy atom. The van der Waals surface area contributed by atoms with Gasteiger partial charge in [-0.05, 0) is 43.6 Å². The summed E-state index contributed by atoms with van der Waals surface area (Å²) in [6.45, 7) is 8.48. The van der Waals surface area contributed by atoms with E-state index < -0.39 is 9.84 Å². The molecule has 2 rings (SSSR count). The van der Waals surface area contributed by atoms with Crippen LogP contribution in [0.5, 0.6) is 0 Å². The van der Waals surface area contributed by atoms with Crippen molar-refractivity contribution in [1.82, 2.24) is 15.5 Å². The Kier molecular flexibility index (Phi) is 9.05. The highest BCUT2D eigenvalue weighted by molar-refractivity contribution is 7.90. The maximum atomic E-state index is 11.3. The van der Waals surface area contributed by atoms with Crippen molar-refractivity contribution in [1.29, 1.82) is 0 Å². The van der Waals surface area contributed by atoms with Gasteiger partial charge in [-0.1, -0.05) is 13.0 Å². The van der Waals surface area contributed by atoms with Gasteiger partial charge in [-0.25, -0.2) is 8.42 Å². The summed E-state index contributed by atoms with van der Waals surface area (Å²) < 4.78 is 22.6. The first-order chi connectivity index (χ1) is 12.9. The average molecular weight is 415 g/mol. The molecule has 0 amide bonds. The summed E-state index contributed by atoms with van der Waals surface area (Å²) in [5.74, 6) is 1.65. The average Bonchev–Trinajstić information content (AvgIpc) is 3.11. The number of piperidine rings is 1. The molecule has 2 N–H and O–H groups in total. The van der Waals surface area contributed by atoms with E-state index in [1.165, 1.54) is 11.1 Å². The first-order valence-electron chi connectivity index (χ1n) is 9.83. The number of likely N-dealkylation sites (tertiary alicyclic amines) is 1. The minimum absolute atomic E-state index is 0.247. The summed E-state index contributed by atoms with van der Waals surface area (Å²) in [6, 6.07) is 4.68. The van der Waals surface area contributed by atoms with Crippen LogP contribution in [0.25, 0.3) is 0 Å². The number of hydrogen-bond acceptors (Lipinski definition) is 5. The first-order valence-corrected chi connectivity index (χ1v) is 12.8. The molecule has 154 valence electrons. The molecule has 2 heterocycles. The van der Waals surface area contributed by atoms with Crippen LogP contribution < -0.4 is 10.6 Å². The highest BCUT2D eigenvalue weighted by Gasteiger charge is 2.20. The minimum atomic E-state index is -2.88. The normalized spacial score (nSPS) is 18.4. The standard InChI is InChI=1S/C19H34N4O2S2/c1-4-20-19(21-15-16(2)14-18-6-5-12-26-18)22-17-7-9-23(10-8-17)11-13-27(3,24)25/h5-6,12,16-17H,4,7-11,13-15H2,1-3H3,(H2,20,21,22). The fourth-order valence-corrected chi connectivity index (χ4v) is 4.65. The molecule has 6 nitrogen and oxygen atoms in total. The number of hydrogen-bond donors (Lipinski definition) is 2. The fraction of sp³-hybridized carbons (Fsp3) is 0.737. The van der Waals surface area contributed by atoms with Crippen LogP contribution in [-0.4, -0.2) is 70.1 Å². The van der Waals surface area contributed by atoms with Gasteiger partial charge in [0.15, 0.2) is 5.96 Å². The Hall–Kier alpha value is -1.12. The van der Waals surface area contributed by atoms with Crippen LogP contribution in [0.4, 0.5) is 0 Å². The van der Waals surface area contributed by atoms with Gasteiger partial charge in [0.05, 0.1) is 5.75 Å². The molecule has 1 aromatic rings. The van der Waals surface area contributed by atoms with Crippen molar-refractivity contribution in [2.24, 2.45) is 10.9 Å². The fourth-order valence-electron chi connectivity index (χ4n) is 3.19. The predicted molar refractivity (Wildman–Crippen MR) is 115 cm³/mol. The molecule has 0 saturated carbocycles. The van der Waals surface area contributed by atoms with Crippen LogP contribution in [-0.2, 0) is 16.3 Å². The number of rotatable bonds is 9. The largest absolute Gasteiger partial charge is 0.357 e. The lowest BCUT2D eigenvalue weighted by atomic mass is 10.1. The molecule has 1 aliphatic heterocycles. The zero-order chi connectivity index (χ0) is 19.7. The smallest absolute Gasteiger partial charge is 0.191 e. The van der Waals surface area contributed by atoms with Gasteiger partial charge in [-0.3, -0.25) is 4.99 Å². The quantitative estimate of drug-likeness (QED) is 0.478. The molecule has 0 aliphatic carbocycles. The monoisotopic (exact) mass is 414 g/mol. The number of sulfone groups is 1. The van der Waals surface area contributed by atoms with E-state index >= 15 is 0 Å². The number of guanidine groups is 1. The second kappa shape index (κ2) is 11.0. The van der Waals surface area contributed by atoms with Gasteiger partial charge < -0.3 is 15.5 Å². The third-order valence-corrected chi connectivity index (χ3v) is 6.56. The Balaban J connectivity index is 1.76. The van der Waals surface area contributed by atoms with E-state index in [4.69, 9.17) is 4.99 Å². The van der Waals surface area contributed by atoms with Crippen LogP contribution in [0.15, 0.2) is 22.5 Å². The lowest BCUT2D eigenvalue weighted by Gasteiger charge is -2.33. The summed E-state index contributed by atoms with van der Waals surface area (Å²) in [5.41, 5.74) is 0. The van der Waals surface area contributed by atoms with Crippen LogP contribution >= 0.6 is 11.3 Å². The van der Waals surface area contributed by atoms with Gasteiger partial charge >= 0.3 is 0 Å². The number of aliphatic imine (C=N–C) groups is 1. The molecule has 0 spiro atoms. The lowest BCUT2D eigenvalue weighted by molar-refractivity contribution is 0.216. The summed E-state index contributed by atoms with van der Waals surface area (Å²) in [4.78, 5) is 8.44. The molecule has 8 heteroatoms. The highest BCUT2D eigenvalue weighted by Crippen LogP contribution is 2.15. The molecule has 1 saturated heterocycles. The topological polar surface area (TPSA) is 73.8 Å². The number of nitrogens with one attached hydrogen (secondary N) is 2. The molecule has 27 heavy (non-hydrogen) atoms. The van der Waals surface area contributed by atoms with E-state index in [0.717, 1.165) is 51.4 Å².